The molecule has 24 heavy (non-hydrogen) atoms. The van der Waals surface area contributed by atoms with E-state index in [1.807, 2.05) is 18.2 Å². The average molecular weight is 327 g/mol. The van der Waals surface area contributed by atoms with Crippen molar-refractivity contribution in [3.63, 3.8) is 0 Å². The number of aliphatic hydroxyl groups is 1. The van der Waals surface area contributed by atoms with Crippen LogP contribution in [0.1, 0.15) is 29.8 Å². The second-order valence-corrected chi connectivity index (χ2v) is 5.86. The number of ether oxygens (including phenoxy) is 1. The molecule has 2 aromatic carbocycles. The molecule has 0 unspecified atom stereocenters. The number of carbonyl (C=O) groups excluding carboxylic acids is 1. The lowest BCUT2D eigenvalue weighted by Gasteiger charge is -2.23. The zero-order valence-corrected chi connectivity index (χ0v) is 14.3. The number of hydrogen-bond acceptors (Lipinski definition) is 4. The molecule has 4 nitrogen and oxygen atoms in total. The van der Waals surface area contributed by atoms with Gasteiger partial charge in [-0.3, -0.25) is 9.69 Å². The van der Waals surface area contributed by atoms with E-state index in [-0.39, 0.29) is 12.4 Å². The van der Waals surface area contributed by atoms with Crippen LogP contribution < -0.4 is 4.74 Å². The fourth-order valence-corrected chi connectivity index (χ4v) is 2.48. The molecule has 0 aliphatic rings. The van der Waals surface area contributed by atoms with E-state index in [9.17, 15) is 9.90 Å². The largest absolute Gasteiger partial charge is 0.491 e. The number of aliphatic hydroxyl groups excluding tert-OH is 1. The number of ketones is 1. The summed E-state index contributed by atoms with van der Waals surface area (Å²) in [6.07, 6.45) is -0.568. The first-order valence-corrected chi connectivity index (χ1v) is 8.26. The maximum Gasteiger partial charge on any atom is 0.159 e. The minimum Gasteiger partial charge on any atom is -0.491 e. The van der Waals surface area contributed by atoms with Crippen LogP contribution in [-0.4, -0.2) is 41.6 Å². The van der Waals surface area contributed by atoms with Crippen LogP contribution in [-0.2, 0) is 6.54 Å². The summed E-state index contributed by atoms with van der Waals surface area (Å²) < 4.78 is 5.61. The number of likely N-dealkylation sites (N-methyl/N-ethyl adjacent to an activating group) is 1. The molecule has 0 aliphatic carbocycles. The fourth-order valence-electron chi connectivity index (χ4n) is 2.48. The molecular formula is C20H25NO3. The second-order valence-electron chi connectivity index (χ2n) is 5.86. The van der Waals surface area contributed by atoms with Crippen molar-refractivity contribution in [2.45, 2.75) is 26.5 Å². The number of carbonyl (C=O) groups is 1. The Morgan fingerprint density at radius 1 is 1.12 bits per heavy atom. The average Bonchev–Trinajstić information content (AvgIpc) is 2.60. The van der Waals surface area contributed by atoms with Gasteiger partial charge in [0.05, 0.1) is 0 Å². The first-order chi connectivity index (χ1) is 11.6. The molecular weight excluding hydrogens is 302 g/mol. The predicted octanol–water partition coefficient (Wildman–Crippen LogP) is 3.15. The van der Waals surface area contributed by atoms with Gasteiger partial charge in [-0.15, -0.1) is 0 Å². The summed E-state index contributed by atoms with van der Waals surface area (Å²) in [6, 6.07) is 17.2. The highest BCUT2D eigenvalue weighted by molar-refractivity contribution is 5.94. The molecule has 2 aromatic rings. The summed E-state index contributed by atoms with van der Waals surface area (Å²) in [5.41, 5.74) is 1.88. The predicted molar refractivity (Wildman–Crippen MR) is 95.3 cm³/mol. The quantitative estimate of drug-likeness (QED) is 0.719. The van der Waals surface area contributed by atoms with Crippen molar-refractivity contribution in [2.24, 2.45) is 0 Å². The highest BCUT2D eigenvalue weighted by atomic mass is 16.5. The van der Waals surface area contributed by atoms with Crippen molar-refractivity contribution in [2.75, 3.05) is 19.7 Å². The summed E-state index contributed by atoms with van der Waals surface area (Å²) in [7, 11) is 0. The first-order valence-electron chi connectivity index (χ1n) is 8.26. The van der Waals surface area contributed by atoms with Crippen LogP contribution in [0, 0.1) is 0 Å². The van der Waals surface area contributed by atoms with Crippen LogP contribution in [0.3, 0.4) is 0 Å². The van der Waals surface area contributed by atoms with Gasteiger partial charge in [-0.05, 0) is 43.3 Å². The Kier molecular flexibility index (Phi) is 6.97. The van der Waals surface area contributed by atoms with E-state index in [1.54, 1.807) is 24.3 Å². The van der Waals surface area contributed by atoms with Crippen LogP contribution in [0.4, 0.5) is 0 Å². The number of benzene rings is 2. The first kappa shape index (κ1) is 18.2. The fraction of sp³-hybridized carbons (Fsp3) is 0.350. The van der Waals surface area contributed by atoms with Crippen LogP contribution in [0.15, 0.2) is 54.6 Å². The van der Waals surface area contributed by atoms with E-state index < -0.39 is 6.10 Å². The highest BCUT2D eigenvalue weighted by Gasteiger charge is 2.12. The number of nitrogens with zero attached hydrogens (tertiary/aromatic N) is 1. The van der Waals surface area contributed by atoms with Crippen molar-refractivity contribution in [3.8, 4) is 5.75 Å². The summed E-state index contributed by atoms with van der Waals surface area (Å²) in [6.45, 7) is 6.06. The van der Waals surface area contributed by atoms with Crippen LogP contribution in [0.2, 0.25) is 0 Å². The lowest BCUT2D eigenvalue weighted by Crippen LogP contribution is -2.35. The van der Waals surface area contributed by atoms with Crippen molar-refractivity contribution < 1.29 is 14.6 Å². The molecule has 0 amide bonds. The van der Waals surface area contributed by atoms with Crippen LogP contribution in [0.5, 0.6) is 5.75 Å². The van der Waals surface area contributed by atoms with Gasteiger partial charge in [0, 0.05) is 18.7 Å². The third-order valence-electron chi connectivity index (χ3n) is 3.87. The third-order valence-corrected chi connectivity index (χ3v) is 3.87. The molecule has 4 heteroatoms. The minimum absolute atomic E-state index is 0.0288. The van der Waals surface area contributed by atoms with E-state index in [1.165, 1.54) is 12.5 Å². The van der Waals surface area contributed by atoms with Gasteiger partial charge in [-0.2, -0.15) is 0 Å². The van der Waals surface area contributed by atoms with E-state index >= 15 is 0 Å². The van der Waals surface area contributed by atoms with Gasteiger partial charge in [0.15, 0.2) is 5.78 Å². The Balaban J connectivity index is 1.80. The Morgan fingerprint density at radius 3 is 2.38 bits per heavy atom. The lowest BCUT2D eigenvalue weighted by molar-refractivity contribution is 0.0674. The summed E-state index contributed by atoms with van der Waals surface area (Å²) >= 11 is 0. The van der Waals surface area contributed by atoms with Gasteiger partial charge < -0.3 is 9.84 Å². The number of rotatable bonds is 9. The molecule has 0 aliphatic heterocycles. The Hall–Kier alpha value is -2.17. The van der Waals surface area contributed by atoms with Crippen molar-refractivity contribution in [1.82, 2.24) is 4.90 Å². The smallest absolute Gasteiger partial charge is 0.159 e. The molecule has 0 spiro atoms. The molecule has 0 heterocycles. The molecule has 0 fully saturated rings. The Morgan fingerprint density at radius 2 is 1.79 bits per heavy atom. The van der Waals surface area contributed by atoms with Gasteiger partial charge in [0.1, 0.15) is 18.5 Å². The van der Waals surface area contributed by atoms with Crippen molar-refractivity contribution in [1.29, 1.82) is 0 Å². The van der Waals surface area contributed by atoms with Crippen molar-refractivity contribution in [3.05, 3.63) is 65.7 Å². The number of hydrogen-bond donors (Lipinski definition) is 1. The molecule has 0 aromatic heterocycles. The second kappa shape index (κ2) is 9.21. The lowest BCUT2D eigenvalue weighted by atomic mass is 10.1. The monoisotopic (exact) mass is 327 g/mol. The number of Topliss-reactive ketones (excluding diaryl/α,β-unsaturated/α-hetero) is 1. The molecule has 1 N–H and O–H groups in total. The molecule has 1 atom stereocenters. The van der Waals surface area contributed by atoms with E-state index in [4.69, 9.17) is 4.74 Å². The van der Waals surface area contributed by atoms with E-state index in [2.05, 4.69) is 24.0 Å². The molecule has 0 saturated heterocycles. The van der Waals surface area contributed by atoms with Gasteiger partial charge in [0.25, 0.3) is 0 Å². The molecule has 0 saturated carbocycles. The minimum atomic E-state index is -0.568. The normalized spacial score (nSPS) is 12.2. The Bertz CT molecular complexity index is 625. The SMILES string of the molecule is CCN(Cc1ccccc1)C[C@@H](O)COc1ccc(C(C)=O)cc1. The van der Waals surface area contributed by atoms with Crippen molar-refractivity contribution >= 4 is 5.78 Å². The summed E-state index contributed by atoms with van der Waals surface area (Å²) in [4.78, 5) is 13.4. The van der Waals surface area contributed by atoms with Gasteiger partial charge >= 0.3 is 0 Å². The standard InChI is InChI=1S/C20H25NO3/c1-3-21(13-17-7-5-4-6-8-17)14-19(23)15-24-20-11-9-18(10-12-20)16(2)22/h4-12,19,23H,3,13-15H2,1-2H3/t19-/m1/s1. The summed E-state index contributed by atoms with van der Waals surface area (Å²) in [5.74, 6) is 0.686. The molecule has 128 valence electrons. The Labute approximate surface area is 143 Å². The molecule has 2 rings (SSSR count). The molecule has 0 radical (unpaired) electrons. The van der Waals surface area contributed by atoms with Crippen LogP contribution in [0.25, 0.3) is 0 Å². The van der Waals surface area contributed by atoms with Gasteiger partial charge in [0.2, 0.25) is 0 Å². The van der Waals surface area contributed by atoms with Gasteiger partial charge in [-0.1, -0.05) is 37.3 Å². The summed E-state index contributed by atoms with van der Waals surface area (Å²) in [5, 5.41) is 10.2. The zero-order valence-electron chi connectivity index (χ0n) is 14.3. The highest BCUT2D eigenvalue weighted by Crippen LogP contribution is 2.13. The maximum atomic E-state index is 11.2. The van der Waals surface area contributed by atoms with Gasteiger partial charge in [-0.25, -0.2) is 0 Å². The zero-order chi connectivity index (χ0) is 17.4. The van der Waals surface area contributed by atoms with Crippen LogP contribution >= 0.6 is 0 Å². The third kappa shape index (κ3) is 5.80. The topological polar surface area (TPSA) is 49.8 Å². The maximum absolute atomic E-state index is 11.2. The van der Waals surface area contributed by atoms with E-state index in [0.29, 0.717) is 17.9 Å². The molecule has 0 bridgehead atoms. The van der Waals surface area contributed by atoms with E-state index in [0.717, 1.165) is 13.1 Å².